The molecule has 0 radical (unpaired) electrons. The first-order valence-electron chi connectivity index (χ1n) is 15.1. The van der Waals surface area contributed by atoms with Crippen LogP contribution in [0, 0.1) is 11.7 Å². The zero-order chi connectivity index (χ0) is 33.0. The first-order chi connectivity index (χ1) is 21.8. The number of aromatic nitrogens is 2. The molecule has 0 bridgehead atoms. The molecule has 46 heavy (non-hydrogen) atoms. The van der Waals surface area contributed by atoms with Gasteiger partial charge in [0.1, 0.15) is 12.1 Å². The van der Waals surface area contributed by atoms with E-state index >= 15 is 0 Å². The molecule has 1 aliphatic heterocycles. The second kappa shape index (κ2) is 11.9. The van der Waals surface area contributed by atoms with Crippen molar-refractivity contribution in [3.05, 3.63) is 75.2 Å². The second-order valence-electron chi connectivity index (χ2n) is 12.6. The predicted octanol–water partition coefficient (Wildman–Crippen LogP) is 6.11. The van der Waals surface area contributed by atoms with Gasteiger partial charge in [0.15, 0.2) is 0 Å². The maximum absolute atomic E-state index is 15.0. The highest BCUT2D eigenvalue weighted by atomic mass is 35.5. The Hall–Kier alpha value is -3.61. The number of hydrogen-bond acceptors (Lipinski definition) is 6. The van der Waals surface area contributed by atoms with E-state index in [1.54, 1.807) is 0 Å². The van der Waals surface area contributed by atoms with Crippen LogP contribution >= 0.6 is 11.6 Å². The summed E-state index contributed by atoms with van der Waals surface area (Å²) in [6.45, 7) is 3.21. The highest BCUT2D eigenvalue weighted by Crippen LogP contribution is 2.60. The van der Waals surface area contributed by atoms with Crippen LogP contribution in [0.25, 0.3) is 11.3 Å². The van der Waals surface area contributed by atoms with Crippen LogP contribution in [0.4, 0.5) is 17.6 Å². The number of carbonyl (C=O) groups is 3. The molecule has 2 heterocycles. The van der Waals surface area contributed by atoms with Crippen LogP contribution in [0.15, 0.2) is 36.4 Å². The van der Waals surface area contributed by atoms with Crippen molar-refractivity contribution in [2.45, 2.75) is 62.1 Å². The number of carboxylic acids is 1. The number of ether oxygens (including phenoxy) is 1. The van der Waals surface area contributed by atoms with E-state index in [-0.39, 0.29) is 64.3 Å². The number of fused-ring (bicyclic) bond motifs is 1. The number of halogens is 5. The van der Waals surface area contributed by atoms with Crippen molar-refractivity contribution in [3.8, 4) is 11.3 Å². The van der Waals surface area contributed by atoms with Gasteiger partial charge in [-0.1, -0.05) is 23.7 Å². The molecule has 3 aliphatic carbocycles. The van der Waals surface area contributed by atoms with Gasteiger partial charge in [0.25, 0.3) is 5.91 Å². The van der Waals surface area contributed by atoms with Gasteiger partial charge in [-0.25, -0.2) is 9.18 Å². The number of nitrogens with zero attached hydrogens (tertiary/aromatic N) is 3. The predicted molar refractivity (Wildman–Crippen MR) is 160 cm³/mol. The molecule has 1 unspecified atom stereocenters. The van der Waals surface area contributed by atoms with Crippen LogP contribution in [-0.4, -0.2) is 76.5 Å². The molecule has 13 heteroatoms. The van der Waals surface area contributed by atoms with Crippen molar-refractivity contribution in [1.29, 1.82) is 0 Å². The molecule has 1 saturated heterocycles. The minimum absolute atomic E-state index is 0.0627. The Labute approximate surface area is 267 Å². The summed E-state index contributed by atoms with van der Waals surface area (Å²) in [4.78, 5) is 38.9. The molecule has 1 aromatic heterocycles. The number of carboxylic acid groups (broad SMARTS) is 1. The molecule has 1 N–H and O–H groups in total. The molecule has 2 aromatic carbocycles. The minimum atomic E-state index is -4.60. The fourth-order valence-corrected chi connectivity index (χ4v) is 6.79. The summed E-state index contributed by atoms with van der Waals surface area (Å²) in [5, 5.41) is 13.3. The van der Waals surface area contributed by atoms with Crippen molar-refractivity contribution >= 4 is 29.8 Å². The lowest BCUT2D eigenvalue weighted by Crippen LogP contribution is -2.41. The van der Waals surface area contributed by atoms with E-state index in [9.17, 15) is 31.9 Å². The van der Waals surface area contributed by atoms with Gasteiger partial charge in [0, 0.05) is 30.1 Å². The molecule has 1 spiro atoms. The molecule has 7 rings (SSSR count). The summed E-state index contributed by atoms with van der Waals surface area (Å²) in [7, 11) is 2.17. The molecular weight excluding hydrogens is 630 g/mol. The highest BCUT2D eigenvalue weighted by molar-refractivity contribution is 6.34. The van der Waals surface area contributed by atoms with Crippen molar-refractivity contribution in [2.75, 3.05) is 26.7 Å². The molecule has 3 fully saturated rings. The van der Waals surface area contributed by atoms with Crippen molar-refractivity contribution in [2.24, 2.45) is 5.92 Å². The third-order valence-corrected chi connectivity index (χ3v) is 9.76. The largest absolute Gasteiger partial charge is 0.478 e. The highest BCUT2D eigenvalue weighted by Gasteiger charge is 2.65. The normalized spacial score (nSPS) is 21.1. The zero-order valence-corrected chi connectivity index (χ0v) is 25.8. The van der Waals surface area contributed by atoms with Gasteiger partial charge >= 0.3 is 12.1 Å². The van der Waals surface area contributed by atoms with E-state index in [1.165, 1.54) is 43.2 Å². The van der Waals surface area contributed by atoms with E-state index < -0.39 is 35.2 Å². The number of aromatic carboxylic acids is 1. The topological polar surface area (TPSA) is 102 Å². The Bertz CT molecular complexity index is 1710. The van der Waals surface area contributed by atoms with Crippen LogP contribution in [0.5, 0.6) is 0 Å². The van der Waals surface area contributed by atoms with Gasteiger partial charge in [-0.05, 0) is 81.8 Å². The van der Waals surface area contributed by atoms with Crippen molar-refractivity contribution in [3.63, 3.8) is 0 Å². The number of benzene rings is 2. The fraction of sp³-hybridized carbons (Fsp3) is 0.455. The van der Waals surface area contributed by atoms with Crippen LogP contribution in [0.1, 0.15) is 69.6 Å². The number of rotatable bonds is 5. The standard InChI is InChI=1S/C26H19ClF4N2O4.C7H13NO/c27-18-3-1-2-17(25(8-9-25)26(29,30)31)21(18)23(35)33-20-10-13(12-34)4-6-16(20)22(32-33)15-7-5-14(24(36)37)11-19(15)28;1-8-4-5-9-7(6-8)2-3-7/h1-3,5,7,11-13H,4,6,8-10H2,(H,36,37);2-6H2,1H3. The van der Waals surface area contributed by atoms with Crippen molar-refractivity contribution < 1.29 is 41.8 Å². The summed E-state index contributed by atoms with van der Waals surface area (Å²) in [6, 6.07) is 7.15. The quantitative estimate of drug-likeness (QED) is 0.260. The van der Waals surface area contributed by atoms with Crippen LogP contribution in [-0.2, 0) is 27.8 Å². The third-order valence-electron chi connectivity index (χ3n) is 9.45. The van der Waals surface area contributed by atoms with Crippen LogP contribution in [0.3, 0.4) is 0 Å². The van der Waals surface area contributed by atoms with Gasteiger partial charge in [0.05, 0.1) is 45.2 Å². The van der Waals surface area contributed by atoms with E-state index in [0.29, 0.717) is 17.6 Å². The maximum Gasteiger partial charge on any atom is 0.398 e. The number of alkyl halides is 3. The lowest BCUT2D eigenvalue weighted by atomic mass is 9.86. The molecular formula is C33H32ClF4N3O5. The molecule has 244 valence electrons. The van der Waals surface area contributed by atoms with E-state index in [4.69, 9.17) is 21.4 Å². The van der Waals surface area contributed by atoms with Crippen LogP contribution in [0.2, 0.25) is 5.02 Å². The summed E-state index contributed by atoms with van der Waals surface area (Å²) in [5.74, 6) is -3.58. The molecule has 1 atom stereocenters. The molecule has 0 amide bonds. The second-order valence-corrected chi connectivity index (χ2v) is 13.0. The number of hydrogen-bond donors (Lipinski definition) is 1. The average molecular weight is 662 g/mol. The number of likely N-dealkylation sites (N-methyl/N-ethyl adjacent to an activating group) is 1. The Morgan fingerprint density at radius 1 is 1.15 bits per heavy atom. The van der Waals surface area contributed by atoms with Gasteiger partial charge in [-0.3, -0.25) is 4.79 Å². The zero-order valence-electron chi connectivity index (χ0n) is 25.0. The van der Waals surface area contributed by atoms with Gasteiger partial charge in [-0.15, -0.1) is 0 Å². The van der Waals surface area contributed by atoms with Gasteiger partial charge < -0.3 is 19.5 Å². The summed E-state index contributed by atoms with van der Waals surface area (Å²) < 4.78 is 63.5. The SMILES string of the molecule is CN1CCOC2(CC2)C1.O=CC1CCc2c(-c3ccc(C(=O)O)cc3F)nn(C(=O)c3c(Cl)cccc3C3(C(F)(F)F)CC3)c2C1. The summed E-state index contributed by atoms with van der Waals surface area (Å²) in [5.41, 5.74) is -1.98. The Morgan fingerprint density at radius 2 is 1.89 bits per heavy atom. The van der Waals surface area contributed by atoms with E-state index in [1.807, 2.05) is 0 Å². The Kier molecular flexibility index (Phi) is 8.35. The number of aldehydes is 1. The molecule has 3 aromatic rings. The number of morpholine rings is 1. The maximum atomic E-state index is 15.0. The first-order valence-corrected chi connectivity index (χ1v) is 15.5. The summed E-state index contributed by atoms with van der Waals surface area (Å²) in [6.07, 6.45) is -0.904. The average Bonchev–Trinajstić information content (AvgIpc) is 3.94. The number of carbonyl (C=O) groups excluding carboxylic acids is 2. The smallest absolute Gasteiger partial charge is 0.398 e. The van der Waals surface area contributed by atoms with Gasteiger partial charge in [0.2, 0.25) is 0 Å². The fourth-order valence-electron chi connectivity index (χ4n) is 6.53. The lowest BCUT2D eigenvalue weighted by molar-refractivity contribution is -0.160. The summed E-state index contributed by atoms with van der Waals surface area (Å²) >= 11 is 6.29. The monoisotopic (exact) mass is 661 g/mol. The van der Waals surface area contributed by atoms with Crippen molar-refractivity contribution in [1.82, 2.24) is 14.7 Å². The lowest BCUT2D eigenvalue weighted by Gasteiger charge is -2.29. The van der Waals surface area contributed by atoms with Crippen LogP contribution < -0.4 is 0 Å². The first kappa shape index (κ1) is 32.3. The van der Waals surface area contributed by atoms with E-state index in [0.717, 1.165) is 36.7 Å². The van der Waals surface area contributed by atoms with E-state index in [2.05, 4.69) is 17.0 Å². The minimum Gasteiger partial charge on any atom is -0.478 e. The Balaban J connectivity index is 0.000000352. The molecule has 8 nitrogen and oxygen atoms in total. The van der Waals surface area contributed by atoms with Gasteiger partial charge in [-0.2, -0.15) is 23.0 Å². The molecule has 4 aliphatic rings. The molecule has 2 saturated carbocycles. The Morgan fingerprint density at radius 3 is 2.46 bits per heavy atom. The third kappa shape index (κ3) is 5.86.